The van der Waals surface area contributed by atoms with Crippen LogP contribution in [0.2, 0.25) is 0 Å². The van der Waals surface area contributed by atoms with Gasteiger partial charge in [0.25, 0.3) is 0 Å². The summed E-state index contributed by atoms with van der Waals surface area (Å²) in [5.74, 6) is 0.728. The quantitative estimate of drug-likeness (QED) is 0.415. The van der Waals surface area contributed by atoms with E-state index in [4.69, 9.17) is 9.47 Å². The Bertz CT molecular complexity index is 1070. The fourth-order valence-corrected chi connectivity index (χ4v) is 3.87. The van der Waals surface area contributed by atoms with E-state index in [1.54, 1.807) is 0 Å². The average molecular weight is 457 g/mol. The number of ether oxygens (including phenoxy) is 2. The highest BCUT2D eigenvalue weighted by atomic mass is 16.5. The van der Waals surface area contributed by atoms with Gasteiger partial charge in [0.1, 0.15) is 11.4 Å². The van der Waals surface area contributed by atoms with Crippen LogP contribution in [0.25, 0.3) is 0 Å². The molecular weight excluding hydrogens is 428 g/mol. The van der Waals surface area contributed by atoms with Crippen LogP contribution in [0.5, 0.6) is 0 Å². The maximum absolute atomic E-state index is 5.74. The summed E-state index contributed by atoms with van der Waals surface area (Å²) >= 11 is 0. The van der Waals surface area contributed by atoms with Gasteiger partial charge in [-0.1, -0.05) is 83.3 Å². The molecule has 5 rings (SSSR count). The van der Waals surface area contributed by atoms with Gasteiger partial charge in [0.05, 0.1) is 51.9 Å². The molecule has 1 aromatic carbocycles. The van der Waals surface area contributed by atoms with Crippen molar-refractivity contribution in [1.82, 2.24) is 30.0 Å². The second-order valence-corrected chi connectivity index (χ2v) is 8.53. The van der Waals surface area contributed by atoms with Crippen molar-refractivity contribution in [3.63, 3.8) is 0 Å². The third kappa shape index (κ3) is 6.24. The predicted octanol–water partition coefficient (Wildman–Crippen LogP) is 3.48. The van der Waals surface area contributed by atoms with Crippen LogP contribution in [0.1, 0.15) is 22.5 Å². The molecule has 8 nitrogen and oxygen atoms in total. The number of allylic oxidation sites excluding steroid dienone is 4. The number of benzene rings is 1. The normalized spacial score (nSPS) is 15.3. The topological polar surface area (TPSA) is 79.9 Å². The largest absolute Gasteiger partial charge is 0.374 e. The molecule has 174 valence electrons. The van der Waals surface area contributed by atoms with Gasteiger partial charge in [-0.25, -0.2) is 9.36 Å². The maximum Gasteiger partial charge on any atom is 0.108 e. The Labute approximate surface area is 198 Å². The molecule has 8 heteroatoms. The summed E-state index contributed by atoms with van der Waals surface area (Å²) in [5.41, 5.74) is 3.99. The molecule has 0 aliphatic heterocycles. The molecule has 3 aromatic rings. The number of hydrogen-bond acceptors (Lipinski definition) is 6. The zero-order valence-electron chi connectivity index (χ0n) is 19.0. The van der Waals surface area contributed by atoms with E-state index in [0.29, 0.717) is 51.4 Å². The van der Waals surface area contributed by atoms with E-state index >= 15 is 0 Å². The zero-order chi connectivity index (χ0) is 23.0. The van der Waals surface area contributed by atoms with Crippen LogP contribution in [0.4, 0.5) is 0 Å². The first kappa shape index (κ1) is 22.2. The molecule has 34 heavy (non-hydrogen) atoms. The summed E-state index contributed by atoms with van der Waals surface area (Å²) in [6, 6.07) is 8.43. The number of nitrogens with zero attached hydrogens (tertiary/aromatic N) is 6. The van der Waals surface area contributed by atoms with E-state index in [1.807, 2.05) is 46.1 Å². The maximum atomic E-state index is 5.74. The van der Waals surface area contributed by atoms with Crippen molar-refractivity contribution in [1.29, 1.82) is 0 Å². The molecule has 0 spiro atoms. The van der Waals surface area contributed by atoms with Crippen LogP contribution in [-0.4, -0.2) is 43.2 Å². The third-order valence-electron chi connectivity index (χ3n) is 5.66. The minimum Gasteiger partial charge on any atom is -0.374 e. The van der Waals surface area contributed by atoms with Crippen LogP contribution in [0.15, 0.2) is 85.3 Å². The van der Waals surface area contributed by atoms with E-state index in [1.165, 1.54) is 0 Å². The Kier molecular flexibility index (Phi) is 7.18. The van der Waals surface area contributed by atoms with Gasteiger partial charge in [-0.2, -0.15) is 0 Å². The summed E-state index contributed by atoms with van der Waals surface area (Å²) in [6.45, 7) is 3.59. The van der Waals surface area contributed by atoms with Gasteiger partial charge in [0.2, 0.25) is 0 Å². The summed E-state index contributed by atoms with van der Waals surface area (Å²) in [5, 5.41) is 16.9. The molecule has 0 saturated heterocycles. The van der Waals surface area contributed by atoms with Crippen molar-refractivity contribution in [3.8, 4) is 0 Å². The summed E-state index contributed by atoms with van der Waals surface area (Å²) < 4.78 is 15.2. The van der Waals surface area contributed by atoms with Crippen LogP contribution in [0.3, 0.4) is 0 Å². The van der Waals surface area contributed by atoms with E-state index < -0.39 is 0 Å². The van der Waals surface area contributed by atoms with Crippen LogP contribution >= 0.6 is 0 Å². The molecule has 0 N–H and O–H groups in total. The summed E-state index contributed by atoms with van der Waals surface area (Å²) in [7, 11) is 0. The number of rotatable bonds is 12. The lowest BCUT2D eigenvalue weighted by Gasteiger charge is -2.05. The lowest BCUT2D eigenvalue weighted by Crippen LogP contribution is -2.04. The standard InChI is InChI=1S/C26H28N6O2/c1-2-6-23(5-1)17-33-19-25-15-31(29-27-25)13-21-9-11-22(12-10-21)14-32-16-26(28-30-32)20-34-18-24-7-3-4-8-24/h1-12,15-16,23-24H,13-14,17-20H2. The monoisotopic (exact) mass is 456 g/mol. The van der Waals surface area contributed by atoms with Crippen molar-refractivity contribution < 1.29 is 9.47 Å². The molecule has 2 aliphatic rings. The lowest BCUT2D eigenvalue weighted by atomic mass is 10.1. The Hall–Kier alpha value is -3.62. The van der Waals surface area contributed by atoms with E-state index in [9.17, 15) is 0 Å². The molecule has 0 saturated carbocycles. The van der Waals surface area contributed by atoms with Gasteiger partial charge in [0.15, 0.2) is 0 Å². The second kappa shape index (κ2) is 11.0. The summed E-state index contributed by atoms with van der Waals surface area (Å²) in [6.07, 6.45) is 20.6. The zero-order valence-corrected chi connectivity index (χ0v) is 19.0. The minimum absolute atomic E-state index is 0.364. The highest BCUT2D eigenvalue weighted by Gasteiger charge is 2.08. The van der Waals surface area contributed by atoms with Crippen molar-refractivity contribution in [2.75, 3.05) is 13.2 Å². The van der Waals surface area contributed by atoms with Crippen molar-refractivity contribution in [2.45, 2.75) is 26.3 Å². The molecule has 0 bridgehead atoms. The van der Waals surface area contributed by atoms with Gasteiger partial charge >= 0.3 is 0 Å². The fourth-order valence-electron chi connectivity index (χ4n) is 3.87. The predicted molar refractivity (Wildman–Crippen MR) is 128 cm³/mol. The lowest BCUT2D eigenvalue weighted by molar-refractivity contribution is 0.108. The van der Waals surface area contributed by atoms with Crippen molar-refractivity contribution >= 4 is 0 Å². The molecule has 0 atom stereocenters. The molecule has 0 unspecified atom stereocenters. The van der Waals surface area contributed by atoms with Crippen molar-refractivity contribution in [3.05, 3.63) is 108 Å². The minimum atomic E-state index is 0.364. The molecule has 0 fully saturated rings. The SMILES string of the molecule is C1=CC(COCc2cn(Cc3ccc(Cn4cc(COCC5C=CC=C5)nn4)cc3)nn2)C=C1. The molecule has 0 amide bonds. The van der Waals surface area contributed by atoms with Gasteiger partial charge in [0, 0.05) is 11.8 Å². The van der Waals surface area contributed by atoms with E-state index in [0.717, 1.165) is 22.5 Å². The van der Waals surface area contributed by atoms with Crippen molar-refractivity contribution in [2.24, 2.45) is 11.8 Å². The van der Waals surface area contributed by atoms with Crippen LogP contribution in [-0.2, 0) is 35.8 Å². The van der Waals surface area contributed by atoms with E-state index in [-0.39, 0.29) is 0 Å². The van der Waals surface area contributed by atoms with Gasteiger partial charge in [-0.15, -0.1) is 10.2 Å². The molecule has 0 radical (unpaired) electrons. The van der Waals surface area contributed by atoms with Crippen LogP contribution < -0.4 is 0 Å². The van der Waals surface area contributed by atoms with Gasteiger partial charge in [-0.05, 0) is 11.1 Å². The Morgan fingerprint density at radius 2 is 1.03 bits per heavy atom. The number of hydrogen-bond donors (Lipinski definition) is 0. The Morgan fingerprint density at radius 1 is 0.618 bits per heavy atom. The molecular formula is C26H28N6O2. The third-order valence-corrected chi connectivity index (χ3v) is 5.66. The first-order valence-corrected chi connectivity index (χ1v) is 11.5. The van der Waals surface area contributed by atoms with Crippen LogP contribution in [0, 0.1) is 11.8 Å². The van der Waals surface area contributed by atoms with E-state index in [2.05, 4.69) is 69.2 Å². The van der Waals surface area contributed by atoms with Gasteiger partial charge < -0.3 is 9.47 Å². The first-order chi connectivity index (χ1) is 16.8. The summed E-state index contributed by atoms with van der Waals surface area (Å²) in [4.78, 5) is 0. The van der Waals surface area contributed by atoms with Gasteiger partial charge in [-0.3, -0.25) is 0 Å². The average Bonchev–Trinajstić information content (AvgIpc) is 3.65. The Balaban J connectivity index is 1.06. The molecule has 2 aromatic heterocycles. The fraction of sp³-hybridized carbons (Fsp3) is 0.308. The second-order valence-electron chi connectivity index (χ2n) is 8.53. The first-order valence-electron chi connectivity index (χ1n) is 11.5. The number of aromatic nitrogens is 6. The molecule has 2 aliphatic carbocycles. The Morgan fingerprint density at radius 3 is 1.44 bits per heavy atom. The molecule has 2 heterocycles. The highest BCUT2D eigenvalue weighted by molar-refractivity contribution is 5.23. The highest BCUT2D eigenvalue weighted by Crippen LogP contribution is 2.12. The smallest absolute Gasteiger partial charge is 0.108 e.